The summed E-state index contributed by atoms with van der Waals surface area (Å²) in [4.78, 5) is 11.6. The van der Waals surface area contributed by atoms with Crippen LogP contribution < -0.4 is 5.32 Å². The number of hydrogen-bond acceptors (Lipinski definition) is 4. The first-order valence-corrected chi connectivity index (χ1v) is 6.42. The number of hydrogen-bond donors (Lipinski definition) is 2. The Morgan fingerprint density at radius 1 is 1.44 bits per heavy atom. The van der Waals surface area contributed by atoms with Crippen LogP contribution in [0.15, 0.2) is 23.1 Å². The van der Waals surface area contributed by atoms with E-state index in [4.69, 9.17) is 0 Å². The van der Waals surface area contributed by atoms with Crippen LogP contribution >= 0.6 is 0 Å². The third kappa shape index (κ3) is 1.76. The summed E-state index contributed by atoms with van der Waals surface area (Å²) in [7, 11) is -3.47. The fraction of sp³-hybridized carbons (Fsp3) is 0.300. The van der Waals surface area contributed by atoms with Crippen molar-refractivity contribution < 1.29 is 18.3 Å². The Morgan fingerprint density at radius 2 is 2.12 bits per heavy atom. The number of benzene rings is 1. The fourth-order valence-electron chi connectivity index (χ4n) is 1.64. The fourth-order valence-corrected chi connectivity index (χ4v) is 3.35. The summed E-state index contributed by atoms with van der Waals surface area (Å²) in [5.41, 5.74) is 0.148. The number of anilines is 1. The molecule has 1 unspecified atom stereocenters. The molecule has 0 radical (unpaired) electrons. The van der Waals surface area contributed by atoms with E-state index in [1.165, 1.54) is 18.2 Å². The second-order valence-corrected chi connectivity index (χ2v) is 5.85. The highest BCUT2D eigenvalue weighted by atomic mass is 32.2. The average molecular weight is 241 g/mol. The van der Waals surface area contributed by atoms with E-state index in [1.807, 2.05) is 0 Å². The molecule has 1 amide bonds. The first-order chi connectivity index (χ1) is 7.40. The summed E-state index contributed by atoms with van der Waals surface area (Å²) in [5.74, 6) is -1.24. The second kappa shape index (κ2) is 3.48. The van der Waals surface area contributed by atoms with Crippen LogP contribution in [0.25, 0.3) is 0 Å². The van der Waals surface area contributed by atoms with Gasteiger partial charge in [-0.3, -0.25) is 4.79 Å². The van der Waals surface area contributed by atoms with Crippen molar-refractivity contribution in [3.05, 3.63) is 18.2 Å². The number of amides is 1. The standard InChI is InChI=1S/C10H11NO4S/c1-6-5-16(14,15)9-3-2-7(12)4-8(9)11-10(6)13/h2-4,6,12H,5H2,1H3,(H,11,13). The van der Waals surface area contributed by atoms with Crippen LogP contribution in [-0.4, -0.2) is 25.2 Å². The lowest BCUT2D eigenvalue weighted by atomic mass is 10.2. The first kappa shape index (κ1) is 10.9. The van der Waals surface area contributed by atoms with E-state index in [-0.39, 0.29) is 28.0 Å². The molecule has 1 aromatic rings. The molecule has 5 nitrogen and oxygen atoms in total. The van der Waals surface area contributed by atoms with Gasteiger partial charge in [-0.05, 0) is 12.1 Å². The van der Waals surface area contributed by atoms with Gasteiger partial charge in [0.15, 0.2) is 9.84 Å². The molecule has 6 heteroatoms. The van der Waals surface area contributed by atoms with E-state index in [0.717, 1.165) is 0 Å². The molecule has 0 spiro atoms. The maximum absolute atomic E-state index is 11.9. The monoisotopic (exact) mass is 241 g/mol. The van der Waals surface area contributed by atoms with Crippen molar-refractivity contribution in [3.8, 4) is 5.75 Å². The summed E-state index contributed by atoms with van der Waals surface area (Å²) in [6.45, 7) is 1.55. The molecule has 0 aliphatic carbocycles. The van der Waals surface area contributed by atoms with E-state index in [0.29, 0.717) is 0 Å². The summed E-state index contributed by atoms with van der Waals surface area (Å²) in [5, 5.41) is 11.7. The molecule has 2 rings (SSSR count). The molecule has 0 saturated heterocycles. The van der Waals surface area contributed by atoms with Gasteiger partial charge >= 0.3 is 0 Å². The predicted octanol–water partition coefficient (Wildman–Crippen LogP) is 0.754. The zero-order valence-corrected chi connectivity index (χ0v) is 9.41. The third-order valence-corrected chi connectivity index (χ3v) is 4.44. The van der Waals surface area contributed by atoms with E-state index in [2.05, 4.69) is 5.32 Å². The lowest BCUT2D eigenvalue weighted by molar-refractivity contribution is -0.118. The molecule has 86 valence electrons. The predicted molar refractivity (Wildman–Crippen MR) is 58.0 cm³/mol. The highest BCUT2D eigenvalue weighted by molar-refractivity contribution is 7.91. The molecule has 1 aliphatic heterocycles. The Balaban J connectivity index is 2.65. The van der Waals surface area contributed by atoms with Crippen molar-refractivity contribution in [3.63, 3.8) is 0 Å². The van der Waals surface area contributed by atoms with Gasteiger partial charge in [0.25, 0.3) is 0 Å². The highest BCUT2D eigenvalue weighted by Crippen LogP contribution is 2.30. The summed E-state index contributed by atoms with van der Waals surface area (Å²) in [6, 6.07) is 3.83. The van der Waals surface area contributed by atoms with Gasteiger partial charge in [-0.25, -0.2) is 8.42 Å². The van der Waals surface area contributed by atoms with Gasteiger partial charge in [0.05, 0.1) is 16.3 Å². The molecule has 1 atom stereocenters. The summed E-state index contributed by atoms with van der Waals surface area (Å²) in [6.07, 6.45) is 0. The number of phenols is 1. The maximum Gasteiger partial charge on any atom is 0.228 e. The Morgan fingerprint density at radius 3 is 2.81 bits per heavy atom. The zero-order valence-electron chi connectivity index (χ0n) is 8.60. The number of rotatable bonds is 0. The van der Waals surface area contributed by atoms with E-state index in [1.54, 1.807) is 6.92 Å². The Labute approximate surface area is 93.0 Å². The normalized spacial score (nSPS) is 23.1. The van der Waals surface area contributed by atoms with Crippen LogP contribution in [-0.2, 0) is 14.6 Å². The van der Waals surface area contributed by atoms with Gasteiger partial charge in [-0.2, -0.15) is 0 Å². The number of carbonyl (C=O) groups is 1. The molecule has 0 fully saturated rings. The number of nitrogens with one attached hydrogen (secondary N) is 1. The van der Waals surface area contributed by atoms with Gasteiger partial charge < -0.3 is 10.4 Å². The van der Waals surface area contributed by atoms with Crippen LogP contribution in [0.3, 0.4) is 0 Å². The van der Waals surface area contributed by atoms with Crippen LogP contribution in [0.2, 0.25) is 0 Å². The topological polar surface area (TPSA) is 83.5 Å². The molecular weight excluding hydrogens is 230 g/mol. The van der Waals surface area contributed by atoms with Crippen molar-refractivity contribution in [2.24, 2.45) is 5.92 Å². The summed E-state index contributed by atoms with van der Waals surface area (Å²) >= 11 is 0. The van der Waals surface area contributed by atoms with Crippen molar-refractivity contribution in [1.82, 2.24) is 0 Å². The van der Waals surface area contributed by atoms with Crippen LogP contribution in [0.1, 0.15) is 6.92 Å². The Bertz CT molecular complexity index is 550. The van der Waals surface area contributed by atoms with Crippen LogP contribution in [0, 0.1) is 5.92 Å². The molecule has 1 heterocycles. The van der Waals surface area contributed by atoms with E-state index >= 15 is 0 Å². The molecule has 1 aromatic carbocycles. The number of sulfone groups is 1. The third-order valence-electron chi connectivity index (χ3n) is 2.47. The van der Waals surface area contributed by atoms with Crippen LogP contribution in [0.5, 0.6) is 5.75 Å². The first-order valence-electron chi connectivity index (χ1n) is 4.77. The minimum absolute atomic E-state index is 0.0583. The molecule has 0 bridgehead atoms. The largest absolute Gasteiger partial charge is 0.508 e. The quantitative estimate of drug-likeness (QED) is 0.702. The molecular formula is C10H11NO4S. The van der Waals surface area contributed by atoms with Crippen molar-refractivity contribution in [2.45, 2.75) is 11.8 Å². The molecule has 2 N–H and O–H groups in total. The smallest absolute Gasteiger partial charge is 0.228 e. The number of aromatic hydroxyl groups is 1. The van der Waals surface area contributed by atoms with Crippen molar-refractivity contribution in [2.75, 3.05) is 11.1 Å². The lowest BCUT2D eigenvalue weighted by Crippen LogP contribution is -2.22. The van der Waals surface area contributed by atoms with Gasteiger partial charge in [0.2, 0.25) is 5.91 Å². The number of carbonyl (C=O) groups excluding carboxylic acids is 1. The summed E-state index contributed by atoms with van der Waals surface area (Å²) < 4.78 is 23.8. The SMILES string of the molecule is CC1CS(=O)(=O)c2ccc(O)cc2NC1=O. The zero-order chi connectivity index (χ0) is 11.9. The minimum Gasteiger partial charge on any atom is -0.508 e. The highest BCUT2D eigenvalue weighted by Gasteiger charge is 2.30. The Hall–Kier alpha value is -1.56. The van der Waals surface area contributed by atoms with Gasteiger partial charge in [0, 0.05) is 12.0 Å². The minimum atomic E-state index is -3.47. The van der Waals surface area contributed by atoms with Gasteiger partial charge in [-0.15, -0.1) is 0 Å². The number of fused-ring (bicyclic) bond motifs is 1. The molecule has 1 aliphatic rings. The van der Waals surface area contributed by atoms with Crippen molar-refractivity contribution in [1.29, 1.82) is 0 Å². The lowest BCUT2D eigenvalue weighted by Gasteiger charge is -2.06. The molecule has 0 aromatic heterocycles. The van der Waals surface area contributed by atoms with Crippen molar-refractivity contribution >= 4 is 21.4 Å². The second-order valence-electron chi connectivity index (χ2n) is 3.85. The van der Waals surface area contributed by atoms with Gasteiger partial charge in [0.1, 0.15) is 5.75 Å². The molecule has 0 saturated carbocycles. The average Bonchev–Trinajstić information content (AvgIpc) is 2.22. The number of phenolic OH excluding ortho intramolecular Hbond substituents is 1. The van der Waals surface area contributed by atoms with Gasteiger partial charge in [-0.1, -0.05) is 6.92 Å². The van der Waals surface area contributed by atoms with E-state index < -0.39 is 15.8 Å². The molecule has 16 heavy (non-hydrogen) atoms. The van der Waals surface area contributed by atoms with E-state index in [9.17, 15) is 18.3 Å². The van der Waals surface area contributed by atoms with Crippen LogP contribution in [0.4, 0.5) is 5.69 Å². The Kier molecular flexibility index (Phi) is 2.38. The maximum atomic E-state index is 11.9.